The Balaban J connectivity index is 2.27. The van der Waals surface area contributed by atoms with Crippen LogP contribution >= 0.6 is 0 Å². The van der Waals surface area contributed by atoms with Gasteiger partial charge >= 0.3 is 0 Å². The summed E-state index contributed by atoms with van der Waals surface area (Å²) in [4.78, 5) is 26.9. The summed E-state index contributed by atoms with van der Waals surface area (Å²) in [5, 5.41) is 10.5. The van der Waals surface area contributed by atoms with Crippen LogP contribution in [-0.4, -0.2) is 16.8 Å². The van der Waals surface area contributed by atoms with Crippen molar-refractivity contribution in [3.8, 4) is 0 Å². The highest BCUT2D eigenvalue weighted by atomic mass is 19.1. The summed E-state index contributed by atoms with van der Waals surface area (Å²) in [5.41, 5.74) is 0.0427. The van der Waals surface area contributed by atoms with Gasteiger partial charge in [0.15, 0.2) is 11.5 Å². The van der Waals surface area contributed by atoms with E-state index in [-0.39, 0.29) is 11.3 Å². The Morgan fingerprint density at radius 3 is 2.39 bits per heavy atom. The van der Waals surface area contributed by atoms with Crippen LogP contribution in [-0.2, 0) is 9.59 Å². The highest BCUT2D eigenvalue weighted by Gasteiger charge is 2.47. The second-order valence-corrected chi connectivity index (χ2v) is 7.93. The number of hydrogen-bond acceptors (Lipinski definition) is 3. The Kier molecular flexibility index (Phi) is 4.83. The number of anilines is 1. The van der Waals surface area contributed by atoms with Crippen molar-refractivity contribution in [2.24, 2.45) is 5.41 Å². The van der Waals surface area contributed by atoms with Crippen LogP contribution < -0.4 is 4.90 Å². The molecule has 0 saturated heterocycles. The lowest BCUT2D eigenvalue weighted by Gasteiger charge is -2.29. The fraction of sp³-hybridized carbons (Fsp3) is 0.273. The van der Waals surface area contributed by atoms with E-state index in [9.17, 15) is 23.5 Å². The van der Waals surface area contributed by atoms with Gasteiger partial charge in [-0.25, -0.2) is 8.78 Å². The molecular formula is C22H21F2NO3. The van der Waals surface area contributed by atoms with Gasteiger partial charge in [-0.3, -0.25) is 14.5 Å². The smallest absolute Gasteiger partial charge is 0.294 e. The summed E-state index contributed by atoms with van der Waals surface area (Å²) in [7, 11) is 0. The van der Waals surface area contributed by atoms with Gasteiger partial charge in [0.2, 0.25) is 0 Å². The van der Waals surface area contributed by atoms with Crippen molar-refractivity contribution in [2.75, 3.05) is 4.90 Å². The molecule has 28 heavy (non-hydrogen) atoms. The van der Waals surface area contributed by atoms with Crippen LogP contribution in [0.3, 0.4) is 0 Å². The van der Waals surface area contributed by atoms with Crippen LogP contribution in [0.5, 0.6) is 0 Å². The number of hydrogen-bond donors (Lipinski definition) is 1. The van der Waals surface area contributed by atoms with Crippen LogP contribution in [0.25, 0.3) is 0 Å². The first-order valence-electron chi connectivity index (χ1n) is 8.85. The van der Waals surface area contributed by atoms with Gasteiger partial charge in [-0.1, -0.05) is 50.6 Å². The molecule has 1 heterocycles. The zero-order valence-electron chi connectivity index (χ0n) is 16.1. The molecule has 6 heteroatoms. The molecule has 4 nitrogen and oxygen atoms in total. The number of carbonyl (C=O) groups is 2. The number of halogens is 2. The van der Waals surface area contributed by atoms with E-state index < -0.39 is 40.5 Å². The molecule has 0 aliphatic carbocycles. The number of aliphatic hydroxyl groups is 1. The molecular weight excluding hydrogens is 364 g/mol. The van der Waals surface area contributed by atoms with E-state index in [0.29, 0.717) is 5.56 Å². The highest BCUT2D eigenvalue weighted by molar-refractivity contribution is 6.17. The molecule has 1 aliphatic heterocycles. The number of aliphatic hydroxyl groups excluding tert-OH is 1. The maximum atomic E-state index is 14.5. The van der Waals surface area contributed by atoms with Gasteiger partial charge in [0.1, 0.15) is 11.6 Å². The first-order valence-corrected chi connectivity index (χ1v) is 8.85. The van der Waals surface area contributed by atoms with E-state index >= 15 is 0 Å². The summed E-state index contributed by atoms with van der Waals surface area (Å²) in [6.45, 7) is 6.83. The van der Waals surface area contributed by atoms with Crippen molar-refractivity contribution in [1.82, 2.24) is 0 Å². The van der Waals surface area contributed by atoms with E-state index in [1.807, 2.05) is 13.0 Å². The maximum Gasteiger partial charge on any atom is 0.294 e. The molecule has 0 saturated carbocycles. The van der Waals surface area contributed by atoms with Gasteiger partial charge in [0.05, 0.1) is 17.3 Å². The fourth-order valence-electron chi connectivity index (χ4n) is 3.32. The zero-order chi connectivity index (χ0) is 20.8. The van der Waals surface area contributed by atoms with Crippen molar-refractivity contribution in [1.29, 1.82) is 0 Å². The Bertz CT molecular complexity index is 1010. The molecule has 0 aromatic heterocycles. The van der Waals surface area contributed by atoms with Crippen LogP contribution in [0.1, 0.15) is 37.9 Å². The van der Waals surface area contributed by atoms with Crippen LogP contribution in [0, 0.1) is 24.0 Å². The van der Waals surface area contributed by atoms with Crippen molar-refractivity contribution >= 4 is 17.4 Å². The molecule has 146 valence electrons. The molecule has 1 atom stereocenters. The quantitative estimate of drug-likeness (QED) is 0.827. The molecule has 0 spiro atoms. The standard InChI is InChI=1S/C22H21F2NO3/c1-12-6-5-7-13(10-12)18-17(20(27)22(2,3)4)19(26)21(28)25(18)16-11-14(23)8-9-15(16)24/h5-11,18,26H,1-4H3. The Hall–Kier alpha value is -3.02. The lowest BCUT2D eigenvalue weighted by atomic mass is 9.82. The molecule has 1 N–H and O–H groups in total. The third-order valence-corrected chi connectivity index (χ3v) is 4.66. The molecule has 0 bridgehead atoms. The topological polar surface area (TPSA) is 57.6 Å². The Labute approximate surface area is 162 Å². The van der Waals surface area contributed by atoms with Crippen molar-refractivity contribution in [3.05, 3.63) is 76.6 Å². The molecule has 1 aliphatic rings. The number of carbonyl (C=O) groups excluding carboxylic acids is 2. The number of rotatable bonds is 3. The largest absolute Gasteiger partial charge is 0.503 e. The monoisotopic (exact) mass is 385 g/mol. The number of benzene rings is 2. The van der Waals surface area contributed by atoms with Gasteiger partial charge in [0, 0.05) is 11.5 Å². The number of Topliss-reactive ketones (excluding diaryl/α,β-unsaturated/α-hetero) is 1. The summed E-state index contributed by atoms with van der Waals surface area (Å²) < 4.78 is 28.3. The van der Waals surface area contributed by atoms with Crippen LogP contribution in [0.15, 0.2) is 53.8 Å². The third-order valence-electron chi connectivity index (χ3n) is 4.66. The minimum absolute atomic E-state index is 0.119. The van der Waals surface area contributed by atoms with Crippen molar-refractivity contribution in [2.45, 2.75) is 33.7 Å². The molecule has 0 fully saturated rings. The molecule has 2 aromatic rings. The highest BCUT2D eigenvalue weighted by Crippen LogP contribution is 2.44. The third kappa shape index (κ3) is 3.30. The predicted octanol–water partition coefficient (Wildman–Crippen LogP) is 4.79. The van der Waals surface area contributed by atoms with Crippen LogP contribution in [0.4, 0.5) is 14.5 Å². The van der Waals surface area contributed by atoms with Gasteiger partial charge in [-0.05, 0) is 24.6 Å². The fourth-order valence-corrected chi connectivity index (χ4v) is 3.32. The van der Waals surface area contributed by atoms with Gasteiger partial charge in [-0.2, -0.15) is 0 Å². The average molecular weight is 385 g/mol. The van der Waals surface area contributed by atoms with Gasteiger partial charge in [-0.15, -0.1) is 0 Å². The van der Waals surface area contributed by atoms with Crippen molar-refractivity contribution in [3.63, 3.8) is 0 Å². The van der Waals surface area contributed by atoms with Gasteiger partial charge < -0.3 is 5.11 Å². The van der Waals surface area contributed by atoms with E-state index in [2.05, 4.69) is 0 Å². The normalized spacial score (nSPS) is 17.4. The Morgan fingerprint density at radius 1 is 1.11 bits per heavy atom. The minimum Gasteiger partial charge on any atom is -0.503 e. The number of ketones is 1. The predicted molar refractivity (Wildman–Crippen MR) is 102 cm³/mol. The summed E-state index contributed by atoms with van der Waals surface area (Å²) in [6, 6.07) is 8.68. The summed E-state index contributed by atoms with van der Waals surface area (Å²) in [5.74, 6) is -3.69. The lowest BCUT2D eigenvalue weighted by molar-refractivity contribution is -0.123. The summed E-state index contributed by atoms with van der Waals surface area (Å²) in [6.07, 6.45) is 0. The van der Waals surface area contributed by atoms with E-state index in [0.717, 1.165) is 28.7 Å². The Morgan fingerprint density at radius 2 is 1.79 bits per heavy atom. The average Bonchev–Trinajstić information content (AvgIpc) is 2.87. The lowest BCUT2D eigenvalue weighted by Crippen LogP contribution is -2.33. The number of aryl methyl sites for hydroxylation is 1. The molecule has 1 unspecified atom stereocenters. The molecule has 1 amide bonds. The second kappa shape index (κ2) is 6.86. The summed E-state index contributed by atoms with van der Waals surface area (Å²) >= 11 is 0. The maximum absolute atomic E-state index is 14.5. The first-order chi connectivity index (χ1) is 13.0. The first kappa shape index (κ1) is 19.7. The zero-order valence-corrected chi connectivity index (χ0v) is 16.1. The SMILES string of the molecule is Cc1cccc(C2C(C(=O)C(C)(C)C)=C(O)C(=O)N2c2cc(F)ccc2F)c1. The van der Waals surface area contributed by atoms with Crippen LogP contribution in [0.2, 0.25) is 0 Å². The molecule has 3 rings (SSSR count). The second-order valence-electron chi connectivity index (χ2n) is 7.93. The van der Waals surface area contributed by atoms with E-state index in [1.165, 1.54) is 0 Å². The minimum atomic E-state index is -1.06. The van der Waals surface area contributed by atoms with E-state index in [1.54, 1.807) is 39.0 Å². The molecule has 0 radical (unpaired) electrons. The van der Waals surface area contributed by atoms with E-state index in [4.69, 9.17) is 0 Å². The van der Waals surface area contributed by atoms with Gasteiger partial charge in [0.25, 0.3) is 5.91 Å². The van der Waals surface area contributed by atoms with Crippen molar-refractivity contribution < 1.29 is 23.5 Å². The number of nitrogens with zero attached hydrogens (tertiary/aromatic N) is 1. The molecule has 2 aromatic carbocycles. The number of amides is 1.